The van der Waals surface area contributed by atoms with Gasteiger partial charge in [-0.05, 0) is 30.9 Å². The predicted molar refractivity (Wildman–Crippen MR) is 82.7 cm³/mol. The van der Waals surface area contributed by atoms with Crippen LogP contribution < -0.4 is 5.32 Å². The number of carbonyl (C=O) groups is 2. The Kier molecular flexibility index (Phi) is 5.36. The Morgan fingerprint density at radius 2 is 2.24 bits per heavy atom. The number of aryl methyl sites for hydroxylation is 1. The van der Waals surface area contributed by atoms with Crippen LogP contribution in [0.3, 0.4) is 0 Å². The quantitative estimate of drug-likeness (QED) is 0.835. The maximum Gasteiger partial charge on any atom is 0.263 e. The number of amides is 2. The summed E-state index contributed by atoms with van der Waals surface area (Å²) in [5, 5.41) is 2.90. The number of thiophene rings is 1. The standard InChI is InChI=1S/C15H22N2O3S/c1-17(2)15(19)13-9-11-8-10(4-5-12(11)21-13)14(18)16-6-7-20-3/h9-10H,4-8H2,1-3H3,(H,16,18)/t10-/m1/s1. The first-order valence-corrected chi connectivity index (χ1v) is 7.94. The first-order chi connectivity index (χ1) is 10.0. The lowest BCUT2D eigenvalue weighted by Crippen LogP contribution is -2.35. The molecule has 1 heterocycles. The molecule has 2 rings (SSSR count). The molecular formula is C15H22N2O3S. The molecule has 1 aliphatic carbocycles. The van der Waals surface area contributed by atoms with Gasteiger partial charge in [-0.25, -0.2) is 0 Å². The lowest BCUT2D eigenvalue weighted by Gasteiger charge is -2.21. The fraction of sp³-hybridized carbons (Fsp3) is 0.600. The molecule has 0 unspecified atom stereocenters. The molecular weight excluding hydrogens is 288 g/mol. The Bertz CT molecular complexity index is 525. The molecule has 0 spiro atoms. The van der Waals surface area contributed by atoms with Gasteiger partial charge in [0.1, 0.15) is 0 Å². The summed E-state index contributed by atoms with van der Waals surface area (Å²) >= 11 is 1.56. The molecule has 116 valence electrons. The van der Waals surface area contributed by atoms with Crippen molar-refractivity contribution in [3.63, 3.8) is 0 Å². The molecule has 1 aliphatic rings. The monoisotopic (exact) mass is 310 g/mol. The van der Waals surface area contributed by atoms with Gasteiger partial charge >= 0.3 is 0 Å². The van der Waals surface area contributed by atoms with E-state index < -0.39 is 0 Å². The minimum absolute atomic E-state index is 0.00580. The molecule has 0 saturated heterocycles. The van der Waals surface area contributed by atoms with E-state index in [0.29, 0.717) is 13.2 Å². The third-order valence-corrected chi connectivity index (χ3v) is 4.90. The number of ether oxygens (including phenoxy) is 1. The first kappa shape index (κ1) is 16.0. The molecule has 5 nitrogen and oxygen atoms in total. The average Bonchev–Trinajstić information content (AvgIpc) is 2.89. The van der Waals surface area contributed by atoms with Crippen molar-refractivity contribution in [2.24, 2.45) is 5.92 Å². The van der Waals surface area contributed by atoms with Crippen LogP contribution in [0.15, 0.2) is 6.07 Å². The lowest BCUT2D eigenvalue weighted by molar-refractivity contribution is -0.125. The van der Waals surface area contributed by atoms with Crippen LogP contribution in [0.1, 0.15) is 26.5 Å². The molecule has 1 aromatic rings. The predicted octanol–water partition coefficient (Wildman–Crippen LogP) is 1.32. The van der Waals surface area contributed by atoms with Gasteiger partial charge < -0.3 is 15.0 Å². The maximum atomic E-state index is 12.1. The molecule has 0 radical (unpaired) electrons. The summed E-state index contributed by atoms with van der Waals surface area (Å²) in [6.45, 7) is 1.08. The Hall–Kier alpha value is -1.40. The molecule has 0 saturated carbocycles. The number of fused-ring (bicyclic) bond motifs is 1. The van der Waals surface area contributed by atoms with E-state index in [1.807, 2.05) is 6.07 Å². The van der Waals surface area contributed by atoms with Crippen molar-refractivity contribution in [3.05, 3.63) is 21.4 Å². The molecule has 0 bridgehead atoms. The average molecular weight is 310 g/mol. The first-order valence-electron chi connectivity index (χ1n) is 7.12. The Morgan fingerprint density at radius 1 is 1.48 bits per heavy atom. The summed E-state index contributed by atoms with van der Waals surface area (Å²) in [6, 6.07) is 1.96. The number of nitrogens with zero attached hydrogens (tertiary/aromatic N) is 1. The van der Waals surface area contributed by atoms with E-state index in [1.165, 1.54) is 4.88 Å². The van der Waals surface area contributed by atoms with Gasteiger partial charge in [-0.15, -0.1) is 11.3 Å². The molecule has 1 aromatic heterocycles. The number of carbonyl (C=O) groups excluding carboxylic acids is 2. The van der Waals surface area contributed by atoms with Crippen molar-refractivity contribution in [2.45, 2.75) is 19.3 Å². The highest BCUT2D eigenvalue weighted by molar-refractivity contribution is 7.14. The topological polar surface area (TPSA) is 58.6 Å². The van der Waals surface area contributed by atoms with Crippen molar-refractivity contribution in [2.75, 3.05) is 34.4 Å². The molecule has 0 aliphatic heterocycles. The van der Waals surface area contributed by atoms with Crippen LogP contribution in [-0.4, -0.2) is 51.1 Å². The summed E-state index contributed by atoms with van der Waals surface area (Å²) in [5.41, 5.74) is 1.16. The minimum Gasteiger partial charge on any atom is -0.383 e. The van der Waals surface area contributed by atoms with Crippen LogP contribution in [0.2, 0.25) is 0 Å². The van der Waals surface area contributed by atoms with Gasteiger partial charge in [-0.3, -0.25) is 9.59 Å². The van der Waals surface area contributed by atoms with Crippen molar-refractivity contribution in [3.8, 4) is 0 Å². The third-order valence-electron chi connectivity index (χ3n) is 3.68. The third kappa shape index (κ3) is 3.83. The second-order valence-electron chi connectivity index (χ2n) is 5.48. The van der Waals surface area contributed by atoms with E-state index in [4.69, 9.17) is 4.74 Å². The van der Waals surface area contributed by atoms with E-state index in [-0.39, 0.29) is 17.7 Å². The number of rotatable bonds is 5. The number of nitrogens with one attached hydrogen (secondary N) is 1. The van der Waals surface area contributed by atoms with Crippen LogP contribution in [0.5, 0.6) is 0 Å². The SMILES string of the molecule is COCCNC(=O)[C@@H]1CCc2sc(C(=O)N(C)C)cc2C1. The second-order valence-corrected chi connectivity index (χ2v) is 6.62. The van der Waals surface area contributed by atoms with E-state index in [0.717, 1.165) is 29.7 Å². The Labute approximate surface area is 129 Å². The van der Waals surface area contributed by atoms with Gasteiger partial charge in [0.05, 0.1) is 11.5 Å². The fourth-order valence-electron chi connectivity index (χ4n) is 2.49. The van der Waals surface area contributed by atoms with Gasteiger partial charge in [0, 0.05) is 38.5 Å². The smallest absolute Gasteiger partial charge is 0.263 e. The fourth-order valence-corrected chi connectivity index (χ4v) is 3.72. The number of hydrogen-bond acceptors (Lipinski definition) is 4. The zero-order valence-electron chi connectivity index (χ0n) is 12.8. The van der Waals surface area contributed by atoms with Crippen molar-refractivity contribution in [1.82, 2.24) is 10.2 Å². The minimum atomic E-state index is 0.00580. The molecule has 0 aromatic carbocycles. The van der Waals surface area contributed by atoms with Gasteiger partial charge in [0.25, 0.3) is 5.91 Å². The van der Waals surface area contributed by atoms with Gasteiger partial charge in [-0.2, -0.15) is 0 Å². The number of methoxy groups -OCH3 is 1. The zero-order valence-corrected chi connectivity index (χ0v) is 13.6. The lowest BCUT2D eigenvalue weighted by atomic mass is 9.88. The molecule has 0 fully saturated rings. The molecule has 1 N–H and O–H groups in total. The van der Waals surface area contributed by atoms with E-state index in [9.17, 15) is 9.59 Å². The summed E-state index contributed by atoms with van der Waals surface area (Å²) < 4.78 is 4.93. The maximum absolute atomic E-state index is 12.1. The normalized spacial score (nSPS) is 17.2. The van der Waals surface area contributed by atoms with Crippen molar-refractivity contribution in [1.29, 1.82) is 0 Å². The summed E-state index contributed by atoms with van der Waals surface area (Å²) in [6.07, 6.45) is 2.45. The van der Waals surface area contributed by atoms with Crippen molar-refractivity contribution >= 4 is 23.2 Å². The highest BCUT2D eigenvalue weighted by Crippen LogP contribution is 2.32. The van der Waals surface area contributed by atoms with Crippen LogP contribution in [0.25, 0.3) is 0 Å². The zero-order chi connectivity index (χ0) is 15.4. The van der Waals surface area contributed by atoms with E-state index in [1.54, 1.807) is 37.4 Å². The van der Waals surface area contributed by atoms with E-state index >= 15 is 0 Å². The second kappa shape index (κ2) is 7.04. The Morgan fingerprint density at radius 3 is 2.90 bits per heavy atom. The molecule has 6 heteroatoms. The molecule has 21 heavy (non-hydrogen) atoms. The van der Waals surface area contributed by atoms with Crippen LogP contribution in [0, 0.1) is 5.92 Å². The highest BCUT2D eigenvalue weighted by atomic mass is 32.1. The van der Waals surface area contributed by atoms with Crippen molar-refractivity contribution < 1.29 is 14.3 Å². The molecule has 2 amide bonds. The number of hydrogen-bond donors (Lipinski definition) is 1. The Balaban J connectivity index is 2.00. The highest BCUT2D eigenvalue weighted by Gasteiger charge is 2.27. The van der Waals surface area contributed by atoms with Gasteiger partial charge in [0.15, 0.2) is 0 Å². The van der Waals surface area contributed by atoms with Gasteiger partial charge in [0.2, 0.25) is 5.91 Å². The summed E-state index contributed by atoms with van der Waals surface area (Å²) in [5.74, 6) is 0.131. The largest absolute Gasteiger partial charge is 0.383 e. The summed E-state index contributed by atoms with van der Waals surface area (Å²) in [7, 11) is 5.13. The van der Waals surface area contributed by atoms with Crippen LogP contribution >= 0.6 is 11.3 Å². The molecule has 1 atom stereocenters. The van der Waals surface area contributed by atoms with E-state index in [2.05, 4.69) is 5.32 Å². The summed E-state index contributed by atoms with van der Waals surface area (Å²) in [4.78, 5) is 27.7. The van der Waals surface area contributed by atoms with Gasteiger partial charge in [-0.1, -0.05) is 0 Å². The van der Waals surface area contributed by atoms with Crippen LogP contribution in [-0.2, 0) is 22.4 Å². The van der Waals surface area contributed by atoms with Crippen LogP contribution in [0.4, 0.5) is 0 Å².